The van der Waals surface area contributed by atoms with Crippen molar-refractivity contribution in [3.63, 3.8) is 0 Å². The molecule has 6 nitrogen and oxygen atoms in total. The molecule has 2 rings (SSSR count). The van der Waals surface area contributed by atoms with Crippen LogP contribution in [0.1, 0.15) is 13.3 Å². The number of halogens is 1. The van der Waals surface area contributed by atoms with E-state index in [-0.39, 0.29) is 23.8 Å². The number of imidazole rings is 1. The maximum Gasteiger partial charge on any atom is 0.328 e. The first-order valence-electron chi connectivity index (χ1n) is 6.61. The molecule has 0 radical (unpaired) electrons. The fraction of sp³-hybridized carbons (Fsp3) is 0.286. The van der Waals surface area contributed by atoms with Gasteiger partial charge in [0, 0.05) is 24.6 Å². The number of anilines is 2. The number of nitrogen functional groups attached to an aromatic ring is 1. The normalized spacial score (nSPS) is 10.6. The van der Waals surface area contributed by atoms with E-state index >= 15 is 0 Å². The summed E-state index contributed by atoms with van der Waals surface area (Å²) in [5, 5.41) is 2.57. The van der Waals surface area contributed by atoms with E-state index in [1.54, 1.807) is 17.0 Å². The third-order valence-electron chi connectivity index (χ3n) is 2.98. The Bertz CT molecular complexity index is 705. The number of hydrogen-bond acceptors (Lipinski definition) is 3. The maximum absolute atomic E-state index is 13.0. The summed E-state index contributed by atoms with van der Waals surface area (Å²) in [4.78, 5) is 23.8. The molecule has 0 saturated carbocycles. The molecule has 0 saturated heterocycles. The molecule has 21 heavy (non-hydrogen) atoms. The lowest BCUT2D eigenvalue weighted by Crippen LogP contribution is -2.29. The van der Waals surface area contributed by atoms with Gasteiger partial charge in [0.2, 0.25) is 5.91 Å². The monoisotopic (exact) mass is 292 g/mol. The number of carbonyl (C=O) groups is 1. The van der Waals surface area contributed by atoms with E-state index in [4.69, 9.17) is 5.73 Å². The molecule has 0 fully saturated rings. The van der Waals surface area contributed by atoms with E-state index in [9.17, 15) is 14.0 Å². The van der Waals surface area contributed by atoms with Crippen LogP contribution >= 0.6 is 0 Å². The molecule has 0 aliphatic carbocycles. The van der Waals surface area contributed by atoms with Crippen molar-refractivity contribution in [3.05, 3.63) is 46.9 Å². The second-order valence-electron chi connectivity index (χ2n) is 4.69. The third-order valence-corrected chi connectivity index (χ3v) is 2.98. The van der Waals surface area contributed by atoms with Crippen LogP contribution in [0.5, 0.6) is 0 Å². The quantitative estimate of drug-likeness (QED) is 0.818. The minimum absolute atomic E-state index is 0.0425. The molecule has 0 unspecified atom stereocenters. The predicted octanol–water partition coefficient (Wildman–Crippen LogP) is 1.42. The molecule has 0 aliphatic rings. The zero-order chi connectivity index (χ0) is 15.4. The van der Waals surface area contributed by atoms with E-state index in [1.165, 1.54) is 22.8 Å². The van der Waals surface area contributed by atoms with E-state index in [0.29, 0.717) is 12.2 Å². The number of nitrogens with zero attached hydrogens (tertiary/aromatic N) is 2. The maximum atomic E-state index is 13.0. The highest BCUT2D eigenvalue weighted by atomic mass is 19.1. The van der Waals surface area contributed by atoms with Crippen molar-refractivity contribution < 1.29 is 9.18 Å². The Kier molecular flexibility index (Phi) is 4.42. The number of amides is 1. The number of aromatic nitrogens is 2. The van der Waals surface area contributed by atoms with Gasteiger partial charge in [-0.3, -0.25) is 13.9 Å². The average molecular weight is 292 g/mol. The van der Waals surface area contributed by atoms with Crippen LogP contribution in [-0.4, -0.2) is 15.0 Å². The number of hydrogen-bond donors (Lipinski definition) is 2. The summed E-state index contributed by atoms with van der Waals surface area (Å²) in [7, 11) is 0. The highest BCUT2D eigenvalue weighted by Gasteiger charge is 2.09. The van der Waals surface area contributed by atoms with Crippen LogP contribution in [-0.2, 0) is 17.9 Å². The number of nitrogens with two attached hydrogens (primary N) is 1. The van der Waals surface area contributed by atoms with Crippen molar-refractivity contribution in [2.45, 2.75) is 26.4 Å². The molecule has 0 spiro atoms. The van der Waals surface area contributed by atoms with Gasteiger partial charge >= 0.3 is 5.69 Å². The number of nitrogens with one attached hydrogen (secondary N) is 1. The number of carbonyl (C=O) groups excluding carboxylic acids is 1. The van der Waals surface area contributed by atoms with E-state index in [1.807, 2.05) is 6.92 Å². The summed E-state index contributed by atoms with van der Waals surface area (Å²) in [6.07, 6.45) is 4.05. The van der Waals surface area contributed by atoms with Crippen molar-refractivity contribution >= 4 is 17.3 Å². The van der Waals surface area contributed by atoms with Crippen molar-refractivity contribution in [2.75, 3.05) is 11.1 Å². The van der Waals surface area contributed by atoms with Crippen LogP contribution in [0.25, 0.3) is 0 Å². The van der Waals surface area contributed by atoms with Gasteiger partial charge in [-0.25, -0.2) is 9.18 Å². The van der Waals surface area contributed by atoms with Gasteiger partial charge in [-0.1, -0.05) is 6.92 Å². The molecule has 1 aromatic heterocycles. The molecular formula is C14H17FN4O2. The first-order chi connectivity index (χ1) is 10.0. The number of rotatable bonds is 5. The van der Waals surface area contributed by atoms with Crippen molar-refractivity contribution in [1.29, 1.82) is 0 Å². The fourth-order valence-electron chi connectivity index (χ4n) is 1.96. The first-order valence-corrected chi connectivity index (χ1v) is 6.61. The van der Waals surface area contributed by atoms with Crippen molar-refractivity contribution in [3.8, 4) is 0 Å². The molecule has 2 aromatic rings. The standard InChI is InChI=1S/C14H17FN4O2/c1-2-5-18-6-7-19(14(18)21)9-13(20)17-10-3-4-11(15)12(16)8-10/h3-4,6-8H,2,5,9,16H2,1H3,(H,17,20). The topological polar surface area (TPSA) is 82.1 Å². The van der Waals surface area contributed by atoms with Gasteiger partial charge in [-0.15, -0.1) is 0 Å². The molecule has 3 N–H and O–H groups in total. The zero-order valence-corrected chi connectivity index (χ0v) is 11.7. The van der Waals surface area contributed by atoms with Gasteiger partial charge in [0.1, 0.15) is 12.4 Å². The first kappa shape index (κ1) is 14.8. The number of aryl methyl sites for hydroxylation is 1. The van der Waals surface area contributed by atoms with Gasteiger partial charge in [0.15, 0.2) is 0 Å². The lowest BCUT2D eigenvalue weighted by molar-refractivity contribution is -0.116. The van der Waals surface area contributed by atoms with E-state index < -0.39 is 5.82 Å². The minimum atomic E-state index is -0.541. The van der Waals surface area contributed by atoms with Crippen LogP contribution in [0.2, 0.25) is 0 Å². The van der Waals surface area contributed by atoms with E-state index in [2.05, 4.69) is 5.32 Å². The molecular weight excluding hydrogens is 275 g/mol. The zero-order valence-electron chi connectivity index (χ0n) is 11.7. The number of benzene rings is 1. The Morgan fingerprint density at radius 3 is 2.71 bits per heavy atom. The molecule has 0 bridgehead atoms. The second-order valence-corrected chi connectivity index (χ2v) is 4.69. The molecule has 0 aliphatic heterocycles. The van der Waals surface area contributed by atoms with Crippen LogP contribution in [0, 0.1) is 5.82 Å². The molecule has 1 heterocycles. The molecule has 1 aromatic carbocycles. The third kappa shape index (κ3) is 3.50. The summed E-state index contributed by atoms with van der Waals surface area (Å²) in [5.74, 6) is -0.918. The highest BCUT2D eigenvalue weighted by molar-refractivity contribution is 5.91. The Labute approximate surface area is 121 Å². The summed E-state index contributed by atoms with van der Waals surface area (Å²) >= 11 is 0. The van der Waals surface area contributed by atoms with Gasteiger partial charge in [0.25, 0.3) is 0 Å². The van der Waals surface area contributed by atoms with Crippen molar-refractivity contribution in [2.24, 2.45) is 0 Å². The summed E-state index contributed by atoms with van der Waals surface area (Å²) in [5.41, 5.74) is 5.54. The lowest BCUT2D eigenvalue weighted by atomic mass is 10.2. The summed E-state index contributed by atoms with van der Waals surface area (Å²) < 4.78 is 15.9. The fourth-order valence-corrected chi connectivity index (χ4v) is 1.96. The van der Waals surface area contributed by atoms with Crippen molar-refractivity contribution in [1.82, 2.24) is 9.13 Å². The van der Waals surface area contributed by atoms with Crippen LogP contribution in [0.4, 0.5) is 15.8 Å². The summed E-state index contributed by atoms with van der Waals surface area (Å²) in [6, 6.07) is 3.92. The highest BCUT2D eigenvalue weighted by Crippen LogP contribution is 2.16. The van der Waals surface area contributed by atoms with Gasteiger partial charge in [-0.05, 0) is 24.6 Å². The van der Waals surface area contributed by atoms with Gasteiger partial charge < -0.3 is 11.1 Å². The van der Waals surface area contributed by atoms with Crippen LogP contribution in [0.3, 0.4) is 0 Å². The van der Waals surface area contributed by atoms with E-state index in [0.717, 1.165) is 6.42 Å². The Balaban J connectivity index is 2.04. The van der Waals surface area contributed by atoms with Gasteiger partial charge in [0.05, 0.1) is 5.69 Å². The predicted molar refractivity (Wildman–Crippen MR) is 78.4 cm³/mol. The molecule has 0 atom stereocenters. The van der Waals surface area contributed by atoms with Gasteiger partial charge in [-0.2, -0.15) is 0 Å². The van der Waals surface area contributed by atoms with Crippen LogP contribution < -0.4 is 16.7 Å². The smallest absolute Gasteiger partial charge is 0.328 e. The molecule has 112 valence electrons. The Morgan fingerprint density at radius 1 is 1.33 bits per heavy atom. The molecule has 1 amide bonds. The largest absolute Gasteiger partial charge is 0.396 e. The molecule has 7 heteroatoms. The Hall–Kier alpha value is -2.57. The average Bonchev–Trinajstić information content (AvgIpc) is 2.76. The second kappa shape index (κ2) is 6.25. The Morgan fingerprint density at radius 2 is 2.05 bits per heavy atom. The van der Waals surface area contributed by atoms with Crippen LogP contribution in [0.15, 0.2) is 35.4 Å². The lowest BCUT2D eigenvalue weighted by Gasteiger charge is -2.06. The summed E-state index contributed by atoms with van der Waals surface area (Å²) in [6.45, 7) is 2.48. The SMILES string of the molecule is CCCn1ccn(CC(=O)Nc2ccc(F)c(N)c2)c1=O. The minimum Gasteiger partial charge on any atom is -0.396 e.